The number of rotatable bonds is 3. The number of anilines is 1. The third-order valence-electron chi connectivity index (χ3n) is 2.76. The van der Waals surface area contributed by atoms with Crippen molar-refractivity contribution in [2.45, 2.75) is 13.8 Å². The van der Waals surface area contributed by atoms with Crippen molar-refractivity contribution >= 4 is 29.0 Å². The van der Waals surface area contributed by atoms with E-state index in [2.05, 4.69) is 10.3 Å². The summed E-state index contributed by atoms with van der Waals surface area (Å²) in [7, 11) is 0. The van der Waals surface area contributed by atoms with E-state index < -0.39 is 0 Å². The van der Waals surface area contributed by atoms with Gasteiger partial charge in [-0.15, -0.1) is 0 Å². The van der Waals surface area contributed by atoms with Crippen LogP contribution in [0.3, 0.4) is 0 Å². The Morgan fingerprint density at radius 2 is 2.00 bits per heavy atom. The molecule has 5 heteroatoms. The molecule has 19 heavy (non-hydrogen) atoms. The number of Topliss-reactive ketones (excluding diaryl/α,β-unsaturated/α-hetero) is 1. The molecule has 0 aliphatic heterocycles. The summed E-state index contributed by atoms with van der Waals surface area (Å²) in [5.74, 6) is -0.402. The van der Waals surface area contributed by atoms with Crippen LogP contribution < -0.4 is 5.32 Å². The van der Waals surface area contributed by atoms with Gasteiger partial charge in [-0.05, 0) is 37.6 Å². The average Bonchev–Trinajstić information content (AvgIpc) is 2.83. The van der Waals surface area contributed by atoms with E-state index in [1.165, 1.54) is 19.2 Å². The molecule has 0 radical (unpaired) electrons. The number of ketones is 1. The Morgan fingerprint density at radius 3 is 2.58 bits per heavy atom. The number of aromatic amines is 1. The zero-order chi connectivity index (χ0) is 14.0. The fourth-order valence-corrected chi connectivity index (χ4v) is 1.78. The molecule has 0 unspecified atom stereocenters. The summed E-state index contributed by atoms with van der Waals surface area (Å²) in [4.78, 5) is 25.9. The molecule has 0 fully saturated rings. The third kappa shape index (κ3) is 3.03. The van der Waals surface area contributed by atoms with Gasteiger partial charge < -0.3 is 10.3 Å². The molecule has 1 aromatic heterocycles. The highest BCUT2D eigenvalue weighted by atomic mass is 35.5. The monoisotopic (exact) mass is 276 g/mol. The van der Waals surface area contributed by atoms with Crippen molar-refractivity contribution in [3.05, 3.63) is 52.3 Å². The first kappa shape index (κ1) is 13.4. The Morgan fingerprint density at radius 1 is 1.26 bits per heavy atom. The summed E-state index contributed by atoms with van der Waals surface area (Å²) in [6.45, 7) is 3.34. The maximum Gasteiger partial charge on any atom is 0.272 e. The maximum absolute atomic E-state index is 11.9. The predicted octanol–water partition coefficient (Wildman–Crippen LogP) is 3.43. The number of benzene rings is 1. The van der Waals surface area contributed by atoms with E-state index in [4.69, 9.17) is 11.6 Å². The highest BCUT2D eigenvalue weighted by molar-refractivity contribution is 6.31. The van der Waals surface area contributed by atoms with Crippen molar-refractivity contribution in [1.82, 2.24) is 4.98 Å². The lowest BCUT2D eigenvalue weighted by molar-refractivity contribution is 0.101. The molecular weight excluding hydrogens is 264 g/mol. The summed E-state index contributed by atoms with van der Waals surface area (Å²) in [5.41, 5.74) is 2.37. The average molecular weight is 277 g/mol. The van der Waals surface area contributed by atoms with Crippen LogP contribution in [0.1, 0.15) is 33.3 Å². The highest BCUT2D eigenvalue weighted by Crippen LogP contribution is 2.20. The first-order chi connectivity index (χ1) is 8.97. The van der Waals surface area contributed by atoms with Crippen LogP contribution in [0.25, 0.3) is 0 Å². The number of carbonyl (C=O) groups is 2. The van der Waals surface area contributed by atoms with Crippen LogP contribution in [0.5, 0.6) is 0 Å². The lowest BCUT2D eigenvalue weighted by atomic mass is 10.2. The minimum absolute atomic E-state index is 0.0892. The molecule has 1 aromatic carbocycles. The van der Waals surface area contributed by atoms with Crippen molar-refractivity contribution in [2.24, 2.45) is 0 Å². The molecule has 0 aliphatic rings. The molecule has 0 spiro atoms. The fraction of sp³-hybridized carbons (Fsp3) is 0.143. The van der Waals surface area contributed by atoms with E-state index in [-0.39, 0.29) is 11.7 Å². The molecule has 98 valence electrons. The van der Waals surface area contributed by atoms with Gasteiger partial charge in [0.1, 0.15) is 5.69 Å². The topological polar surface area (TPSA) is 62.0 Å². The summed E-state index contributed by atoms with van der Waals surface area (Å²) in [6, 6.07) is 6.80. The maximum atomic E-state index is 11.9. The van der Waals surface area contributed by atoms with Gasteiger partial charge >= 0.3 is 0 Å². The summed E-state index contributed by atoms with van der Waals surface area (Å²) in [5, 5.41) is 3.30. The SMILES string of the molecule is CC(=O)c1c[nH]c(C(=O)Nc2ccc(C)c(Cl)c2)c1. The second-order valence-electron chi connectivity index (χ2n) is 4.28. The van der Waals surface area contributed by atoms with Crippen LogP contribution in [-0.2, 0) is 0 Å². The number of carbonyl (C=O) groups excluding carboxylic acids is 2. The van der Waals surface area contributed by atoms with Crippen molar-refractivity contribution in [3.8, 4) is 0 Å². The van der Waals surface area contributed by atoms with E-state index in [1.807, 2.05) is 13.0 Å². The number of H-pyrrole nitrogens is 1. The Bertz CT molecular complexity index is 647. The quantitative estimate of drug-likeness (QED) is 0.844. The van der Waals surface area contributed by atoms with E-state index in [9.17, 15) is 9.59 Å². The van der Waals surface area contributed by atoms with Crippen LogP contribution in [-0.4, -0.2) is 16.7 Å². The van der Waals surface area contributed by atoms with E-state index in [0.29, 0.717) is 22.0 Å². The molecule has 0 aliphatic carbocycles. The first-order valence-electron chi connectivity index (χ1n) is 5.74. The van der Waals surface area contributed by atoms with Crippen LogP contribution in [0.2, 0.25) is 5.02 Å². The minimum atomic E-state index is -0.313. The molecule has 1 amide bonds. The molecule has 0 saturated heterocycles. The highest BCUT2D eigenvalue weighted by Gasteiger charge is 2.11. The normalized spacial score (nSPS) is 10.3. The third-order valence-corrected chi connectivity index (χ3v) is 3.17. The first-order valence-corrected chi connectivity index (χ1v) is 6.12. The molecule has 2 aromatic rings. The molecule has 0 bridgehead atoms. The Hall–Kier alpha value is -2.07. The molecular formula is C14H13ClN2O2. The molecule has 4 nitrogen and oxygen atoms in total. The number of hydrogen-bond donors (Lipinski definition) is 2. The largest absolute Gasteiger partial charge is 0.356 e. The fourth-order valence-electron chi connectivity index (χ4n) is 1.60. The Labute approximate surface area is 115 Å². The zero-order valence-electron chi connectivity index (χ0n) is 10.6. The minimum Gasteiger partial charge on any atom is -0.356 e. The van der Waals surface area contributed by atoms with E-state index >= 15 is 0 Å². The van der Waals surface area contributed by atoms with Gasteiger partial charge in [0.25, 0.3) is 5.91 Å². The zero-order valence-corrected chi connectivity index (χ0v) is 11.3. The van der Waals surface area contributed by atoms with Gasteiger partial charge in [-0.2, -0.15) is 0 Å². The number of aromatic nitrogens is 1. The van der Waals surface area contributed by atoms with Crippen LogP contribution >= 0.6 is 11.6 Å². The van der Waals surface area contributed by atoms with E-state index in [1.54, 1.807) is 12.1 Å². The van der Waals surface area contributed by atoms with Crippen LogP contribution in [0.4, 0.5) is 5.69 Å². The van der Waals surface area contributed by atoms with Gasteiger partial charge in [-0.1, -0.05) is 17.7 Å². The molecule has 2 N–H and O–H groups in total. The van der Waals surface area contributed by atoms with Gasteiger partial charge in [0.05, 0.1) is 0 Å². The summed E-state index contributed by atoms with van der Waals surface area (Å²) in [6.07, 6.45) is 1.51. The number of halogens is 1. The molecule has 0 atom stereocenters. The number of amides is 1. The van der Waals surface area contributed by atoms with Crippen molar-refractivity contribution in [3.63, 3.8) is 0 Å². The van der Waals surface area contributed by atoms with Crippen molar-refractivity contribution < 1.29 is 9.59 Å². The number of hydrogen-bond acceptors (Lipinski definition) is 2. The van der Waals surface area contributed by atoms with E-state index in [0.717, 1.165) is 5.56 Å². The van der Waals surface area contributed by atoms with Gasteiger partial charge in [-0.3, -0.25) is 9.59 Å². The summed E-state index contributed by atoms with van der Waals surface area (Å²) >= 11 is 5.99. The van der Waals surface area contributed by atoms with Crippen molar-refractivity contribution in [1.29, 1.82) is 0 Å². The second kappa shape index (κ2) is 5.28. The lowest BCUT2D eigenvalue weighted by Gasteiger charge is -2.05. The van der Waals surface area contributed by atoms with Crippen molar-refractivity contribution in [2.75, 3.05) is 5.32 Å². The smallest absolute Gasteiger partial charge is 0.272 e. The van der Waals surface area contributed by atoms with Crippen LogP contribution in [0.15, 0.2) is 30.5 Å². The number of nitrogens with one attached hydrogen (secondary N) is 2. The molecule has 0 saturated carbocycles. The Balaban J connectivity index is 2.15. The summed E-state index contributed by atoms with van der Waals surface area (Å²) < 4.78 is 0. The predicted molar refractivity (Wildman–Crippen MR) is 74.9 cm³/mol. The van der Waals surface area contributed by atoms with Gasteiger partial charge in [-0.25, -0.2) is 0 Å². The van der Waals surface area contributed by atoms with Gasteiger partial charge in [0, 0.05) is 22.5 Å². The van der Waals surface area contributed by atoms with Gasteiger partial charge in [0.2, 0.25) is 0 Å². The number of aryl methyl sites for hydroxylation is 1. The van der Waals surface area contributed by atoms with Crippen LogP contribution in [0, 0.1) is 6.92 Å². The Kier molecular flexibility index (Phi) is 3.71. The molecule has 1 heterocycles. The standard InChI is InChI=1S/C14H13ClN2O2/c1-8-3-4-11(6-12(8)15)17-14(19)13-5-10(7-16-13)9(2)18/h3-7,16H,1-2H3,(H,17,19). The molecule has 2 rings (SSSR count). The lowest BCUT2D eigenvalue weighted by Crippen LogP contribution is -2.12. The van der Waals surface area contributed by atoms with Gasteiger partial charge in [0.15, 0.2) is 5.78 Å². The second-order valence-corrected chi connectivity index (χ2v) is 4.68.